The van der Waals surface area contributed by atoms with Gasteiger partial charge < -0.3 is 24.8 Å². The van der Waals surface area contributed by atoms with Crippen molar-refractivity contribution in [1.82, 2.24) is 0 Å². The fourth-order valence-electron chi connectivity index (χ4n) is 1.45. The van der Waals surface area contributed by atoms with Crippen LogP contribution in [0.4, 0.5) is 0 Å². The number of methoxy groups -OCH3 is 1. The molecule has 1 unspecified atom stereocenters. The number of hydrogen-bond acceptors (Lipinski definition) is 5. The van der Waals surface area contributed by atoms with Gasteiger partial charge in [0.25, 0.3) is 0 Å². The van der Waals surface area contributed by atoms with Gasteiger partial charge in [-0.15, -0.1) is 0 Å². The summed E-state index contributed by atoms with van der Waals surface area (Å²) in [6, 6.07) is 0. The number of aliphatic hydroxyl groups excluding tert-OH is 3. The Morgan fingerprint density at radius 1 is 1.23 bits per heavy atom. The molecule has 78 valence electrons. The SMILES string of the molecule is COCCC1O[C@H](CO)[C@@H](O)[C@H]1O. The van der Waals surface area contributed by atoms with Crippen molar-refractivity contribution >= 4 is 0 Å². The zero-order valence-electron chi connectivity index (χ0n) is 7.59. The zero-order valence-corrected chi connectivity index (χ0v) is 7.59. The maximum atomic E-state index is 9.44. The van der Waals surface area contributed by atoms with Crippen molar-refractivity contribution in [3.63, 3.8) is 0 Å². The molecule has 0 amide bonds. The number of hydrogen-bond donors (Lipinski definition) is 3. The van der Waals surface area contributed by atoms with E-state index in [1.165, 1.54) is 0 Å². The molecule has 4 atom stereocenters. The van der Waals surface area contributed by atoms with Crippen LogP contribution in [0, 0.1) is 0 Å². The minimum Gasteiger partial charge on any atom is -0.394 e. The molecule has 0 bridgehead atoms. The second-order valence-corrected chi connectivity index (χ2v) is 3.16. The highest BCUT2D eigenvalue weighted by molar-refractivity contribution is 4.89. The van der Waals surface area contributed by atoms with Gasteiger partial charge >= 0.3 is 0 Å². The molecule has 1 aliphatic heterocycles. The summed E-state index contributed by atoms with van der Waals surface area (Å²) < 4.78 is 10.0. The highest BCUT2D eigenvalue weighted by Crippen LogP contribution is 2.23. The van der Waals surface area contributed by atoms with Crippen LogP contribution >= 0.6 is 0 Å². The smallest absolute Gasteiger partial charge is 0.111 e. The normalized spacial score (nSPS) is 39.7. The second-order valence-electron chi connectivity index (χ2n) is 3.16. The lowest BCUT2D eigenvalue weighted by molar-refractivity contribution is -0.0300. The molecule has 0 radical (unpaired) electrons. The van der Waals surface area contributed by atoms with Crippen LogP contribution in [0.5, 0.6) is 0 Å². The molecule has 5 nitrogen and oxygen atoms in total. The van der Waals surface area contributed by atoms with Crippen molar-refractivity contribution in [2.24, 2.45) is 0 Å². The Morgan fingerprint density at radius 2 is 1.85 bits per heavy atom. The average molecular weight is 192 g/mol. The maximum absolute atomic E-state index is 9.44. The summed E-state index contributed by atoms with van der Waals surface area (Å²) in [6.45, 7) is 0.189. The third-order valence-electron chi connectivity index (χ3n) is 2.25. The van der Waals surface area contributed by atoms with E-state index in [1.54, 1.807) is 7.11 Å². The van der Waals surface area contributed by atoms with Gasteiger partial charge in [0.15, 0.2) is 0 Å². The first kappa shape index (κ1) is 10.9. The molecule has 0 spiro atoms. The van der Waals surface area contributed by atoms with E-state index in [-0.39, 0.29) is 6.61 Å². The topological polar surface area (TPSA) is 79.2 Å². The van der Waals surface area contributed by atoms with Crippen LogP contribution in [-0.2, 0) is 9.47 Å². The Morgan fingerprint density at radius 3 is 2.31 bits per heavy atom. The zero-order chi connectivity index (χ0) is 9.84. The largest absolute Gasteiger partial charge is 0.394 e. The molecule has 0 aromatic carbocycles. The molecule has 1 fully saturated rings. The third-order valence-corrected chi connectivity index (χ3v) is 2.25. The van der Waals surface area contributed by atoms with Crippen molar-refractivity contribution < 1.29 is 24.8 Å². The second kappa shape index (κ2) is 4.88. The standard InChI is InChI=1S/C8H16O5/c1-12-3-2-5-7(10)8(11)6(4-9)13-5/h5-11H,2-4H2,1H3/t5?,6-,7+,8-/m1/s1. The summed E-state index contributed by atoms with van der Waals surface area (Å²) in [5.41, 5.74) is 0. The van der Waals surface area contributed by atoms with Gasteiger partial charge in [-0.1, -0.05) is 0 Å². The van der Waals surface area contributed by atoms with Crippen LogP contribution in [0.15, 0.2) is 0 Å². The molecule has 0 saturated carbocycles. The minimum absolute atomic E-state index is 0.276. The van der Waals surface area contributed by atoms with Crippen LogP contribution in [0.2, 0.25) is 0 Å². The number of aliphatic hydroxyl groups is 3. The summed E-state index contributed by atoms with van der Waals surface area (Å²) in [5.74, 6) is 0. The molecular weight excluding hydrogens is 176 g/mol. The van der Waals surface area contributed by atoms with Crippen molar-refractivity contribution in [2.75, 3.05) is 20.3 Å². The minimum atomic E-state index is -0.994. The Kier molecular flexibility index (Phi) is 4.08. The van der Waals surface area contributed by atoms with Crippen LogP contribution < -0.4 is 0 Å². The quantitative estimate of drug-likeness (QED) is 0.505. The Hall–Kier alpha value is -0.200. The predicted molar refractivity (Wildman–Crippen MR) is 44.3 cm³/mol. The summed E-state index contributed by atoms with van der Waals surface area (Å²) in [5, 5.41) is 27.6. The van der Waals surface area contributed by atoms with E-state index >= 15 is 0 Å². The molecule has 0 aromatic rings. The highest BCUT2D eigenvalue weighted by atomic mass is 16.6. The van der Waals surface area contributed by atoms with Gasteiger partial charge in [0.2, 0.25) is 0 Å². The lowest BCUT2D eigenvalue weighted by atomic mass is 10.1. The van der Waals surface area contributed by atoms with E-state index in [4.69, 9.17) is 14.6 Å². The highest BCUT2D eigenvalue weighted by Gasteiger charge is 2.41. The maximum Gasteiger partial charge on any atom is 0.111 e. The lowest BCUT2D eigenvalue weighted by Gasteiger charge is -2.13. The van der Waals surface area contributed by atoms with Gasteiger partial charge in [-0.2, -0.15) is 0 Å². The van der Waals surface area contributed by atoms with E-state index in [2.05, 4.69) is 0 Å². The molecule has 1 rings (SSSR count). The van der Waals surface area contributed by atoms with E-state index in [0.717, 1.165) is 0 Å². The van der Waals surface area contributed by atoms with Gasteiger partial charge in [0, 0.05) is 13.7 Å². The molecule has 13 heavy (non-hydrogen) atoms. The summed E-state index contributed by atoms with van der Waals surface area (Å²) in [4.78, 5) is 0. The van der Waals surface area contributed by atoms with E-state index in [0.29, 0.717) is 13.0 Å². The Bertz CT molecular complexity index is 151. The Balaban J connectivity index is 2.40. The average Bonchev–Trinajstić information content (AvgIpc) is 2.41. The third kappa shape index (κ3) is 2.38. The van der Waals surface area contributed by atoms with Gasteiger partial charge in [0.1, 0.15) is 18.3 Å². The summed E-state index contributed by atoms with van der Waals surface area (Å²) in [6.07, 6.45) is -2.51. The summed E-state index contributed by atoms with van der Waals surface area (Å²) >= 11 is 0. The van der Waals surface area contributed by atoms with Crippen molar-refractivity contribution in [3.05, 3.63) is 0 Å². The lowest BCUT2D eigenvalue weighted by Crippen LogP contribution is -2.34. The molecule has 5 heteroatoms. The first-order chi connectivity index (χ1) is 6.20. The van der Waals surface area contributed by atoms with E-state index in [9.17, 15) is 10.2 Å². The molecule has 1 heterocycles. The van der Waals surface area contributed by atoms with Crippen LogP contribution in [0.1, 0.15) is 6.42 Å². The first-order valence-corrected chi connectivity index (χ1v) is 4.32. The Labute approximate surface area is 76.9 Å². The first-order valence-electron chi connectivity index (χ1n) is 4.32. The molecular formula is C8H16O5. The van der Waals surface area contributed by atoms with Crippen molar-refractivity contribution in [1.29, 1.82) is 0 Å². The monoisotopic (exact) mass is 192 g/mol. The van der Waals surface area contributed by atoms with Gasteiger partial charge in [-0.05, 0) is 6.42 Å². The van der Waals surface area contributed by atoms with E-state index in [1.807, 2.05) is 0 Å². The predicted octanol–water partition coefficient (Wildman–Crippen LogP) is -1.50. The summed E-state index contributed by atoms with van der Waals surface area (Å²) in [7, 11) is 1.56. The number of ether oxygens (including phenoxy) is 2. The van der Waals surface area contributed by atoms with Crippen LogP contribution in [0.3, 0.4) is 0 Å². The van der Waals surface area contributed by atoms with Crippen LogP contribution in [-0.4, -0.2) is 60.1 Å². The van der Waals surface area contributed by atoms with Crippen molar-refractivity contribution in [2.45, 2.75) is 30.8 Å². The molecule has 3 N–H and O–H groups in total. The van der Waals surface area contributed by atoms with Gasteiger partial charge in [0.05, 0.1) is 12.7 Å². The molecule has 1 aliphatic rings. The van der Waals surface area contributed by atoms with Crippen molar-refractivity contribution in [3.8, 4) is 0 Å². The van der Waals surface area contributed by atoms with E-state index < -0.39 is 24.4 Å². The van der Waals surface area contributed by atoms with Gasteiger partial charge in [-0.3, -0.25) is 0 Å². The molecule has 0 aromatic heterocycles. The van der Waals surface area contributed by atoms with Crippen LogP contribution in [0.25, 0.3) is 0 Å². The number of rotatable bonds is 4. The fourth-order valence-corrected chi connectivity index (χ4v) is 1.45. The van der Waals surface area contributed by atoms with Gasteiger partial charge in [-0.25, -0.2) is 0 Å². The fraction of sp³-hybridized carbons (Fsp3) is 1.00. The molecule has 0 aliphatic carbocycles. The molecule has 1 saturated heterocycles.